The summed E-state index contributed by atoms with van der Waals surface area (Å²) in [4.78, 5) is 0.973. The molecule has 1 atom stereocenters. The fourth-order valence-electron chi connectivity index (χ4n) is 1.90. The lowest BCUT2D eigenvalue weighted by Gasteiger charge is -2.07. The van der Waals surface area contributed by atoms with Crippen molar-refractivity contribution in [3.05, 3.63) is 46.9 Å². The van der Waals surface area contributed by atoms with Crippen LogP contribution in [0, 0.1) is 5.82 Å². The highest BCUT2D eigenvalue weighted by Gasteiger charge is 2.16. The molecule has 0 aliphatic rings. The molecule has 2 aromatic heterocycles. The standard InChI is InChI=1S/C12H11FN4S/c1-17-9(6-15-16-17)12(14)11-4-7-2-3-8(13)5-10(7)18-11/h2-6,12H,14H2,1H3. The largest absolute Gasteiger partial charge is 0.318 e. The zero-order chi connectivity index (χ0) is 12.7. The Morgan fingerprint density at radius 1 is 1.39 bits per heavy atom. The van der Waals surface area contributed by atoms with Crippen LogP contribution in [-0.4, -0.2) is 15.0 Å². The minimum absolute atomic E-state index is 0.230. The summed E-state index contributed by atoms with van der Waals surface area (Å²) < 4.78 is 15.7. The van der Waals surface area contributed by atoms with E-state index in [-0.39, 0.29) is 11.9 Å². The molecule has 0 amide bonds. The predicted octanol–water partition coefficient (Wildman–Crippen LogP) is 2.22. The van der Waals surface area contributed by atoms with Crippen molar-refractivity contribution in [3.8, 4) is 0 Å². The van der Waals surface area contributed by atoms with E-state index in [1.165, 1.54) is 23.5 Å². The van der Waals surface area contributed by atoms with Crippen molar-refractivity contribution < 1.29 is 4.39 Å². The molecule has 0 saturated carbocycles. The second kappa shape index (κ2) is 4.15. The summed E-state index contributed by atoms with van der Waals surface area (Å²) in [6.07, 6.45) is 1.65. The first-order chi connectivity index (χ1) is 8.65. The van der Waals surface area contributed by atoms with Crippen molar-refractivity contribution in [2.75, 3.05) is 0 Å². The monoisotopic (exact) mass is 262 g/mol. The van der Waals surface area contributed by atoms with Crippen LogP contribution in [0.25, 0.3) is 10.1 Å². The van der Waals surface area contributed by atoms with Crippen molar-refractivity contribution in [2.24, 2.45) is 12.8 Å². The third-order valence-corrected chi connectivity index (χ3v) is 4.06. The van der Waals surface area contributed by atoms with Gasteiger partial charge in [-0.3, -0.25) is 4.68 Å². The maximum atomic E-state index is 13.1. The predicted molar refractivity (Wildman–Crippen MR) is 68.8 cm³/mol. The summed E-state index contributed by atoms with van der Waals surface area (Å²) in [5.74, 6) is -0.230. The molecule has 4 nitrogen and oxygen atoms in total. The average Bonchev–Trinajstić information content (AvgIpc) is 2.93. The van der Waals surface area contributed by atoms with Crippen LogP contribution in [0.3, 0.4) is 0 Å². The quantitative estimate of drug-likeness (QED) is 0.770. The molecule has 6 heteroatoms. The number of rotatable bonds is 2. The Morgan fingerprint density at radius 3 is 2.94 bits per heavy atom. The van der Waals surface area contributed by atoms with E-state index in [0.29, 0.717) is 0 Å². The van der Waals surface area contributed by atoms with E-state index in [2.05, 4.69) is 10.3 Å². The fourth-order valence-corrected chi connectivity index (χ4v) is 3.01. The van der Waals surface area contributed by atoms with Gasteiger partial charge in [0.25, 0.3) is 0 Å². The Hall–Kier alpha value is -1.79. The highest BCUT2D eigenvalue weighted by molar-refractivity contribution is 7.19. The van der Waals surface area contributed by atoms with Gasteiger partial charge in [0.1, 0.15) is 5.82 Å². The van der Waals surface area contributed by atoms with E-state index in [1.54, 1.807) is 24.0 Å². The molecular formula is C12H11FN4S. The normalized spacial score (nSPS) is 13.1. The molecule has 1 unspecified atom stereocenters. The SMILES string of the molecule is Cn1nncc1C(N)c1cc2ccc(F)cc2s1. The van der Waals surface area contributed by atoms with Gasteiger partial charge in [0.05, 0.1) is 17.9 Å². The van der Waals surface area contributed by atoms with E-state index in [0.717, 1.165) is 20.7 Å². The van der Waals surface area contributed by atoms with E-state index in [4.69, 9.17) is 5.73 Å². The van der Waals surface area contributed by atoms with Crippen molar-refractivity contribution in [3.63, 3.8) is 0 Å². The smallest absolute Gasteiger partial charge is 0.124 e. The minimum Gasteiger partial charge on any atom is -0.318 e. The fraction of sp³-hybridized carbons (Fsp3) is 0.167. The second-order valence-electron chi connectivity index (χ2n) is 4.09. The van der Waals surface area contributed by atoms with Gasteiger partial charge in [-0.15, -0.1) is 16.4 Å². The number of nitrogens with zero attached hydrogens (tertiary/aromatic N) is 3. The maximum Gasteiger partial charge on any atom is 0.124 e. The molecule has 18 heavy (non-hydrogen) atoms. The Bertz CT molecular complexity index is 703. The summed E-state index contributed by atoms with van der Waals surface area (Å²) in [6.45, 7) is 0. The summed E-state index contributed by atoms with van der Waals surface area (Å²) in [5.41, 5.74) is 7.01. The lowest BCUT2D eigenvalue weighted by atomic mass is 10.1. The Balaban J connectivity index is 2.07. The van der Waals surface area contributed by atoms with Gasteiger partial charge in [-0.2, -0.15) is 0 Å². The van der Waals surface area contributed by atoms with E-state index >= 15 is 0 Å². The molecule has 2 heterocycles. The maximum absolute atomic E-state index is 13.1. The summed E-state index contributed by atoms with van der Waals surface area (Å²) in [5, 5.41) is 8.68. The van der Waals surface area contributed by atoms with Crippen molar-refractivity contribution >= 4 is 21.4 Å². The molecule has 0 aliphatic heterocycles. The molecule has 0 fully saturated rings. The molecule has 0 bridgehead atoms. The van der Waals surface area contributed by atoms with Gasteiger partial charge in [0.2, 0.25) is 0 Å². The molecule has 3 aromatic rings. The van der Waals surface area contributed by atoms with Crippen molar-refractivity contribution in [1.82, 2.24) is 15.0 Å². The van der Waals surface area contributed by atoms with Crippen LogP contribution in [0.1, 0.15) is 16.6 Å². The second-order valence-corrected chi connectivity index (χ2v) is 5.21. The number of hydrogen-bond acceptors (Lipinski definition) is 4. The van der Waals surface area contributed by atoms with Crippen LogP contribution in [-0.2, 0) is 7.05 Å². The number of fused-ring (bicyclic) bond motifs is 1. The van der Waals surface area contributed by atoms with E-state index < -0.39 is 0 Å². The number of halogens is 1. The first kappa shape index (κ1) is 11.3. The van der Waals surface area contributed by atoms with Gasteiger partial charge in [-0.25, -0.2) is 4.39 Å². The van der Waals surface area contributed by atoms with Gasteiger partial charge in [0.15, 0.2) is 0 Å². The molecule has 92 valence electrons. The average molecular weight is 262 g/mol. The van der Waals surface area contributed by atoms with E-state index in [9.17, 15) is 4.39 Å². The number of benzene rings is 1. The number of aromatic nitrogens is 3. The lowest BCUT2D eigenvalue weighted by Crippen LogP contribution is -2.14. The highest BCUT2D eigenvalue weighted by atomic mass is 32.1. The molecule has 0 spiro atoms. The molecule has 0 saturated heterocycles. The summed E-state index contributed by atoms with van der Waals surface area (Å²) >= 11 is 1.49. The van der Waals surface area contributed by atoms with Gasteiger partial charge < -0.3 is 5.73 Å². The molecule has 3 rings (SSSR count). The summed E-state index contributed by atoms with van der Waals surface area (Å²) in [6, 6.07) is 6.44. The third-order valence-electron chi connectivity index (χ3n) is 2.88. The number of nitrogens with two attached hydrogens (primary N) is 1. The molecule has 2 N–H and O–H groups in total. The number of hydrogen-bond donors (Lipinski definition) is 1. The number of thiophene rings is 1. The Morgan fingerprint density at radius 2 is 2.22 bits per heavy atom. The van der Waals surface area contributed by atoms with Gasteiger partial charge in [-0.05, 0) is 23.6 Å². The zero-order valence-electron chi connectivity index (χ0n) is 9.67. The Labute approximate surface area is 107 Å². The van der Waals surface area contributed by atoms with Crippen LogP contribution in [0.15, 0.2) is 30.5 Å². The van der Waals surface area contributed by atoms with Crippen molar-refractivity contribution in [2.45, 2.75) is 6.04 Å². The van der Waals surface area contributed by atoms with Crippen LogP contribution >= 0.6 is 11.3 Å². The van der Waals surface area contributed by atoms with Gasteiger partial charge >= 0.3 is 0 Å². The lowest BCUT2D eigenvalue weighted by molar-refractivity contribution is 0.630. The topological polar surface area (TPSA) is 56.7 Å². The third kappa shape index (κ3) is 1.79. The minimum atomic E-state index is -0.287. The van der Waals surface area contributed by atoms with Crippen LogP contribution in [0.4, 0.5) is 4.39 Å². The highest BCUT2D eigenvalue weighted by Crippen LogP contribution is 2.31. The van der Waals surface area contributed by atoms with Gasteiger partial charge in [0, 0.05) is 16.6 Å². The summed E-state index contributed by atoms with van der Waals surface area (Å²) in [7, 11) is 1.80. The van der Waals surface area contributed by atoms with Crippen LogP contribution in [0.5, 0.6) is 0 Å². The van der Waals surface area contributed by atoms with Crippen LogP contribution < -0.4 is 5.73 Å². The van der Waals surface area contributed by atoms with Gasteiger partial charge in [-0.1, -0.05) is 11.3 Å². The van der Waals surface area contributed by atoms with Crippen molar-refractivity contribution in [1.29, 1.82) is 0 Å². The Kier molecular flexibility index (Phi) is 2.61. The first-order valence-electron chi connectivity index (χ1n) is 5.44. The molecule has 0 aliphatic carbocycles. The molecular weight excluding hydrogens is 251 g/mol. The molecule has 0 radical (unpaired) electrons. The number of aryl methyl sites for hydroxylation is 1. The zero-order valence-corrected chi connectivity index (χ0v) is 10.5. The van der Waals surface area contributed by atoms with E-state index in [1.807, 2.05) is 6.07 Å². The molecule has 1 aromatic carbocycles. The first-order valence-corrected chi connectivity index (χ1v) is 6.26. The van der Waals surface area contributed by atoms with Crippen LogP contribution in [0.2, 0.25) is 0 Å².